The van der Waals surface area contributed by atoms with Crippen LogP contribution in [0.5, 0.6) is 0 Å². The fraction of sp³-hybridized carbons (Fsp3) is 0.350. The molecule has 0 radical (unpaired) electrons. The van der Waals surface area contributed by atoms with Crippen molar-refractivity contribution in [2.45, 2.75) is 18.6 Å². The van der Waals surface area contributed by atoms with Crippen LogP contribution in [-0.2, 0) is 16.2 Å². The van der Waals surface area contributed by atoms with Crippen LogP contribution in [0.25, 0.3) is 10.4 Å². The van der Waals surface area contributed by atoms with E-state index in [1.54, 1.807) is 12.1 Å². The van der Waals surface area contributed by atoms with Gasteiger partial charge in [-0.2, -0.15) is 5.06 Å². The van der Waals surface area contributed by atoms with Crippen molar-refractivity contribution >= 4 is 11.8 Å². The Kier molecular flexibility index (Phi) is 5.62. The number of carbonyl (C=O) groups excluding carboxylic acids is 1. The first-order valence-corrected chi connectivity index (χ1v) is 9.34. The number of nitrogens with zero attached hydrogens (tertiary/aromatic N) is 5. The molecule has 2 aromatic rings. The zero-order valence-electron chi connectivity index (χ0n) is 15.6. The Hall–Kier alpha value is -3.13. The van der Waals surface area contributed by atoms with Crippen LogP contribution in [0.15, 0.2) is 53.6 Å². The van der Waals surface area contributed by atoms with Gasteiger partial charge in [-0.3, -0.25) is 9.74 Å². The van der Waals surface area contributed by atoms with Gasteiger partial charge in [0.2, 0.25) is 0 Å². The normalized spacial score (nSPS) is 19.6. The number of hydrogen-bond donors (Lipinski definition) is 0. The molecule has 29 heavy (non-hydrogen) atoms. The summed E-state index contributed by atoms with van der Waals surface area (Å²) in [4.78, 5) is 21.7. The number of anilines is 1. The van der Waals surface area contributed by atoms with Crippen molar-refractivity contribution in [3.63, 3.8) is 0 Å². The van der Waals surface area contributed by atoms with Crippen LogP contribution in [0.2, 0.25) is 0 Å². The summed E-state index contributed by atoms with van der Waals surface area (Å²) in [7, 11) is 0. The maximum atomic E-state index is 14.7. The second-order valence-corrected chi connectivity index (χ2v) is 7.04. The van der Waals surface area contributed by atoms with Crippen LogP contribution in [0.1, 0.15) is 17.0 Å². The van der Waals surface area contributed by atoms with Crippen molar-refractivity contribution in [3.8, 4) is 0 Å². The van der Waals surface area contributed by atoms with Gasteiger partial charge in [-0.25, -0.2) is 9.18 Å². The molecule has 150 valence electrons. The molecule has 1 atom stereocenters. The van der Waals surface area contributed by atoms with Gasteiger partial charge in [-0.1, -0.05) is 41.5 Å². The lowest BCUT2D eigenvalue weighted by Crippen LogP contribution is -2.44. The van der Waals surface area contributed by atoms with Crippen molar-refractivity contribution in [2.75, 3.05) is 31.1 Å². The minimum atomic E-state index is -0.570. The monoisotopic (exact) mass is 397 g/mol. The van der Waals surface area contributed by atoms with Crippen LogP contribution in [0.4, 0.5) is 14.9 Å². The number of azide groups is 1. The summed E-state index contributed by atoms with van der Waals surface area (Å²) in [6, 6.07) is 14.6. The molecule has 2 fully saturated rings. The smallest absolute Gasteiger partial charge is 0.414 e. The molecule has 0 N–H and O–H groups in total. The van der Waals surface area contributed by atoms with E-state index in [1.807, 2.05) is 35.4 Å². The summed E-state index contributed by atoms with van der Waals surface area (Å²) in [6.45, 7) is 2.00. The predicted molar refractivity (Wildman–Crippen MR) is 104 cm³/mol. The molecular formula is C20H20FN5O3. The molecule has 2 aliphatic rings. The summed E-state index contributed by atoms with van der Waals surface area (Å²) < 4.78 is 19.8. The summed E-state index contributed by atoms with van der Waals surface area (Å²) in [5.41, 5.74) is 10.5. The molecule has 4 rings (SSSR count). The highest BCUT2D eigenvalue weighted by atomic mass is 19.1. The minimum Gasteiger partial charge on any atom is -0.444 e. The second kappa shape index (κ2) is 8.48. The van der Waals surface area contributed by atoms with Crippen LogP contribution in [-0.4, -0.2) is 43.4 Å². The van der Waals surface area contributed by atoms with Gasteiger partial charge in [0.15, 0.2) is 0 Å². The van der Waals surface area contributed by atoms with Gasteiger partial charge < -0.3 is 4.74 Å². The number of ether oxygens (including phenoxy) is 1. The lowest BCUT2D eigenvalue weighted by Gasteiger charge is -2.38. The molecule has 2 heterocycles. The van der Waals surface area contributed by atoms with Gasteiger partial charge in [-0.15, -0.1) is 0 Å². The molecule has 0 bridgehead atoms. The number of hydroxylamine groups is 2. The second-order valence-electron chi connectivity index (χ2n) is 7.04. The molecule has 2 aliphatic heterocycles. The third-order valence-electron chi connectivity index (χ3n) is 5.06. The molecule has 0 saturated carbocycles. The number of cyclic esters (lactones) is 1. The molecule has 9 heteroatoms. The van der Waals surface area contributed by atoms with E-state index in [1.165, 1.54) is 11.0 Å². The van der Waals surface area contributed by atoms with Gasteiger partial charge in [0.05, 0.1) is 25.4 Å². The first-order chi connectivity index (χ1) is 14.1. The Balaban J connectivity index is 1.33. The molecule has 8 nitrogen and oxygen atoms in total. The Morgan fingerprint density at radius 3 is 2.72 bits per heavy atom. The summed E-state index contributed by atoms with van der Waals surface area (Å²) in [5, 5.41) is 5.24. The van der Waals surface area contributed by atoms with Gasteiger partial charge >= 0.3 is 6.09 Å². The molecule has 2 saturated heterocycles. The Labute approximate surface area is 167 Å². The van der Waals surface area contributed by atoms with Gasteiger partial charge in [-0.05, 0) is 28.8 Å². The Morgan fingerprint density at radius 1 is 1.21 bits per heavy atom. The highest BCUT2D eigenvalue weighted by molar-refractivity contribution is 5.89. The summed E-state index contributed by atoms with van der Waals surface area (Å²) in [6.07, 6.45) is -1.09. The largest absolute Gasteiger partial charge is 0.444 e. The molecule has 1 unspecified atom stereocenters. The molecular weight excluding hydrogens is 377 g/mol. The maximum Gasteiger partial charge on any atom is 0.414 e. The average Bonchev–Trinajstić information content (AvgIpc) is 3.07. The number of hydrogen-bond acceptors (Lipinski definition) is 5. The van der Waals surface area contributed by atoms with Crippen LogP contribution >= 0.6 is 0 Å². The van der Waals surface area contributed by atoms with Crippen molar-refractivity contribution in [3.05, 3.63) is 75.9 Å². The minimum absolute atomic E-state index is 0.0445. The number of amides is 1. The SMILES string of the molecule is [N-]=[N+]=NCC1CN(c2ccc(C3CN(OCc4ccccc4)C3)c(F)c2)C(=O)O1. The van der Waals surface area contributed by atoms with Crippen molar-refractivity contribution < 1.29 is 18.8 Å². The average molecular weight is 397 g/mol. The fourth-order valence-corrected chi connectivity index (χ4v) is 3.45. The summed E-state index contributed by atoms with van der Waals surface area (Å²) in [5.74, 6) is -0.315. The van der Waals surface area contributed by atoms with E-state index in [2.05, 4.69) is 10.0 Å². The quantitative estimate of drug-likeness (QED) is 0.401. The van der Waals surface area contributed by atoms with E-state index in [9.17, 15) is 9.18 Å². The van der Waals surface area contributed by atoms with Gasteiger partial charge in [0.25, 0.3) is 0 Å². The Bertz CT molecular complexity index is 929. The van der Waals surface area contributed by atoms with E-state index >= 15 is 0 Å². The van der Waals surface area contributed by atoms with Crippen molar-refractivity contribution in [2.24, 2.45) is 5.11 Å². The van der Waals surface area contributed by atoms with E-state index in [0.717, 1.165) is 5.56 Å². The number of halogens is 1. The van der Waals surface area contributed by atoms with Crippen molar-refractivity contribution in [1.29, 1.82) is 0 Å². The fourth-order valence-electron chi connectivity index (χ4n) is 3.45. The molecule has 2 aromatic carbocycles. The van der Waals surface area contributed by atoms with Crippen molar-refractivity contribution in [1.82, 2.24) is 5.06 Å². The number of benzene rings is 2. The predicted octanol–water partition coefficient (Wildman–Crippen LogP) is 3.99. The maximum absolute atomic E-state index is 14.7. The van der Waals surface area contributed by atoms with E-state index < -0.39 is 12.2 Å². The van der Waals surface area contributed by atoms with E-state index in [0.29, 0.717) is 30.9 Å². The molecule has 0 aromatic heterocycles. The highest BCUT2D eigenvalue weighted by Crippen LogP contribution is 2.32. The standard InChI is InChI=1S/C20H20FN5O3/c21-19-8-16(26-12-17(9-23-24-22)29-20(26)27)6-7-18(19)15-10-25(11-15)28-13-14-4-2-1-3-5-14/h1-8,15,17H,9-13H2. The molecule has 0 spiro atoms. The topological polar surface area (TPSA) is 90.8 Å². The molecule has 0 aliphatic carbocycles. The van der Waals surface area contributed by atoms with E-state index in [4.69, 9.17) is 15.1 Å². The van der Waals surface area contributed by atoms with Crippen LogP contribution < -0.4 is 4.90 Å². The third kappa shape index (κ3) is 4.32. The zero-order chi connectivity index (χ0) is 20.2. The zero-order valence-corrected chi connectivity index (χ0v) is 15.6. The number of carbonyl (C=O) groups is 1. The molecule has 1 amide bonds. The van der Waals surface area contributed by atoms with E-state index in [-0.39, 0.29) is 24.8 Å². The van der Waals surface area contributed by atoms with Gasteiger partial charge in [0, 0.05) is 23.9 Å². The lowest BCUT2D eigenvalue weighted by atomic mass is 9.92. The first kappa shape index (κ1) is 19.2. The third-order valence-corrected chi connectivity index (χ3v) is 5.06. The lowest BCUT2D eigenvalue weighted by molar-refractivity contribution is -0.214. The van der Waals surface area contributed by atoms with Crippen LogP contribution in [0, 0.1) is 5.82 Å². The summed E-state index contributed by atoms with van der Waals surface area (Å²) >= 11 is 0. The first-order valence-electron chi connectivity index (χ1n) is 9.34. The Morgan fingerprint density at radius 2 is 2.00 bits per heavy atom. The van der Waals surface area contributed by atoms with Crippen LogP contribution in [0.3, 0.4) is 0 Å². The highest BCUT2D eigenvalue weighted by Gasteiger charge is 2.34. The number of rotatable bonds is 7. The van der Waals surface area contributed by atoms with Gasteiger partial charge in [0.1, 0.15) is 11.9 Å².